The van der Waals surface area contributed by atoms with Crippen molar-refractivity contribution in [3.05, 3.63) is 40.7 Å². The summed E-state index contributed by atoms with van der Waals surface area (Å²) in [6, 6.07) is 8.26. The van der Waals surface area contributed by atoms with Crippen LogP contribution < -0.4 is 10.6 Å². The highest BCUT2D eigenvalue weighted by Crippen LogP contribution is 2.32. The molecule has 2 heterocycles. The van der Waals surface area contributed by atoms with Gasteiger partial charge in [-0.2, -0.15) is 0 Å². The van der Waals surface area contributed by atoms with E-state index in [1.54, 1.807) is 0 Å². The molecule has 8 heteroatoms. The number of tetrazole rings is 1. The highest BCUT2D eigenvalue weighted by atomic mass is 35.5. The molecule has 7 nitrogen and oxygen atoms in total. The summed E-state index contributed by atoms with van der Waals surface area (Å²) in [5.41, 5.74) is 6.58. The minimum atomic E-state index is -0.194. The highest BCUT2D eigenvalue weighted by Gasteiger charge is 2.38. The molecule has 0 unspecified atom stereocenters. The molecule has 0 bridgehead atoms. The summed E-state index contributed by atoms with van der Waals surface area (Å²) in [6.07, 6.45) is 7.54. The molecule has 2 aliphatic rings. The molecule has 1 atom stereocenters. The van der Waals surface area contributed by atoms with Gasteiger partial charge in [-0.1, -0.05) is 49.1 Å². The zero-order valence-electron chi connectivity index (χ0n) is 16.1. The number of hydrogen-bond acceptors (Lipinski definition) is 4. The lowest BCUT2D eigenvalue weighted by Gasteiger charge is -2.34. The van der Waals surface area contributed by atoms with Crippen molar-refractivity contribution in [2.45, 2.75) is 57.0 Å². The average molecular weight is 404 g/mol. The number of rotatable bonds is 5. The number of quaternary nitrogens is 1. The molecule has 150 valence electrons. The van der Waals surface area contributed by atoms with Crippen LogP contribution in [0, 0.1) is 5.92 Å². The largest absolute Gasteiger partial charge is 0.369 e. The van der Waals surface area contributed by atoms with Crippen molar-refractivity contribution < 1.29 is 9.69 Å². The first-order chi connectivity index (χ1) is 13.6. The molecule has 1 aromatic heterocycles. The van der Waals surface area contributed by atoms with E-state index in [-0.39, 0.29) is 17.9 Å². The molecule has 1 saturated carbocycles. The average Bonchev–Trinajstić information content (AvgIpc) is 3.20. The number of aromatic nitrogens is 4. The van der Waals surface area contributed by atoms with E-state index in [9.17, 15) is 4.79 Å². The molecule has 1 saturated heterocycles. The fourth-order valence-electron chi connectivity index (χ4n) is 4.79. The number of hydrogen-bond donors (Lipinski definition) is 2. The Bertz CT molecular complexity index is 811. The second-order valence-electron chi connectivity index (χ2n) is 8.06. The Labute approximate surface area is 170 Å². The fourth-order valence-corrected chi connectivity index (χ4v) is 5.03. The first kappa shape index (κ1) is 19.3. The third kappa shape index (κ3) is 3.91. The van der Waals surface area contributed by atoms with Crippen LogP contribution in [0.3, 0.4) is 0 Å². The molecular weight excluding hydrogens is 376 g/mol. The third-order valence-electron chi connectivity index (χ3n) is 6.35. The number of nitrogens with zero attached hydrogens (tertiary/aromatic N) is 4. The molecule has 1 aromatic carbocycles. The highest BCUT2D eigenvalue weighted by molar-refractivity contribution is 6.31. The monoisotopic (exact) mass is 403 g/mol. The lowest BCUT2D eigenvalue weighted by Crippen LogP contribution is -3.13. The van der Waals surface area contributed by atoms with Gasteiger partial charge in [0.05, 0.1) is 24.2 Å². The Morgan fingerprint density at radius 3 is 2.54 bits per heavy atom. The Hall–Kier alpha value is -1.99. The van der Waals surface area contributed by atoms with Crippen molar-refractivity contribution in [3.63, 3.8) is 0 Å². The summed E-state index contributed by atoms with van der Waals surface area (Å²) in [5.74, 6) is 0.651. The van der Waals surface area contributed by atoms with Gasteiger partial charge in [-0.25, -0.2) is 4.68 Å². The second-order valence-corrected chi connectivity index (χ2v) is 8.47. The predicted molar refractivity (Wildman–Crippen MR) is 106 cm³/mol. The molecule has 1 aliphatic carbocycles. The zero-order chi connectivity index (χ0) is 19.5. The second kappa shape index (κ2) is 8.57. The maximum Gasteiger partial charge on any atom is 0.220 e. The number of primary amides is 1. The molecule has 0 radical (unpaired) electrons. The quantitative estimate of drug-likeness (QED) is 0.794. The summed E-state index contributed by atoms with van der Waals surface area (Å²) in [4.78, 5) is 12.9. The van der Waals surface area contributed by atoms with Gasteiger partial charge < -0.3 is 10.6 Å². The lowest BCUT2D eigenvalue weighted by atomic mass is 9.92. The smallest absolute Gasteiger partial charge is 0.220 e. The van der Waals surface area contributed by atoms with Gasteiger partial charge in [-0.3, -0.25) is 4.79 Å². The molecule has 1 aliphatic heterocycles. The first-order valence-corrected chi connectivity index (χ1v) is 10.7. The van der Waals surface area contributed by atoms with E-state index in [4.69, 9.17) is 17.3 Å². The fraction of sp³-hybridized carbons (Fsp3) is 0.600. The van der Waals surface area contributed by atoms with Gasteiger partial charge in [0.15, 0.2) is 6.04 Å². The first-order valence-electron chi connectivity index (χ1n) is 10.3. The van der Waals surface area contributed by atoms with Gasteiger partial charge in [0.1, 0.15) is 0 Å². The molecule has 4 rings (SSSR count). The predicted octanol–water partition coefficient (Wildman–Crippen LogP) is 1.70. The summed E-state index contributed by atoms with van der Waals surface area (Å²) in [7, 11) is 0. The van der Waals surface area contributed by atoms with Gasteiger partial charge in [0, 0.05) is 24.3 Å². The van der Waals surface area contributed by atoms with E-state index in [0.29, 0.717) is 6.04 Å². The van der Waals surface area contributed by atoms with Crippen LogP contribution in [-0.4, -0.2) is 39.2 Å². The number of amides is 1. The number of carbonyl (C=O) groups excluding carboxylic acids is 1. The standard InChI is InChI=1S/C20H27ClN6O/c21-17-9-5-4-8-16(17)18(26-12-10-14(11-13-26)19(22)28)20-23-24-25-27(20)15-6-2-1-3-7-15/h4-5,8-9,14-15,18H,1-3,6-7,10-13H2,(H2,22,28)/p+1/t18-/m1/s1. The number of piperidine rings is 1. The molecule has 1 amide bonds. The van der Waals surface area contributed by atoms with Gasteiger partial charge >= 0.3 is 0 Å². The van der Waals surface area contributed by atoms with E-state index >= 15 is 0 Å². The number of carbonyl (C=O) groups is 1. The van der Waals surface area contributed by atoms with Crippen molar-refractivity contribution >= 4 is 17.5 Å². The van der Waals surface area contributed by atoms with E-state index < -0.39 is 0 Å². The van der Waals surface area contributed by atoms with Crippen molar-refractivity contribution in [3.8, 4) is 0 Å². The van der Waals surface area contributed by atoms with Crippen LogP contribution in [0.4, 0.5) is 0 Å². The van der Waals surface area contributed by atoms with Gasteiger partial charge in [-0.15, -0.1) is 5.10 Å². The Balaban J connectivity index is 1.68. The van der Waals surface area contributed by atoms with Crippen LogP contribution in [0.2, 0.25) is 5.02 Å². The number of nitrogens with one attached hydrogen (secondary N) is 1. The summed E-state index contributed by atoms with van der Waals surface area (Å²) in [6.45, 7) is 1.70. The van der Waals surface area contributed by atoms with E-state index in [1.165, 1.54) is 24.2 Å². The lowest BCUT2D eigenvalue weighted by molar-refractivity contribution is -0.931. The number of benzene rings is 1. The Morgan fingerprint density at radius 2 is 1.86 bits per heavy atom. The number of nitrogens with two attached hydrogens (primary N) is 1. The van der Waals surface area contributed by atoms with Crippen LogP contribution >= 0.6 is 11.6 Å². The number of halogens is 1. The molecule has 2 aromatic rings. The topological polar surface area (TPSA) is 91.1 Å². The number of likely N-dealkylation sites (tertiary alicyclic amines) is 1. The van der Waals surface area contributed by atoms with Crippen molar-refractivity contribution in [1.29, 1.82) is 0 Å². The normalized spacial score (nSPS) is 24.8. The van der Waals surface area contributed by atoms with E-state index in [1.807, 2.05) is 22.9 Å². The minimum absolute atomic E-state index is 0.0371. The minimum Gasteiger partial charge on any atom is -0.369 e. The van der Waals surface area contributed by atoms with Crippen molar-refractivity contribution in [2.24, 2.45) is 11.7 Å². The van der Waals surface area contributed by atoms with Gasteiger partial charge in [0.25, 0.3) is 0 Å². The van der Waals surface area contributed by atoms with Crippen molar-refractivity contribution in [2.75, 3.05) is 13.1 Å². The van der Waals surface area contributed by atoms with Crippen LogP contribution in [0.1, 0.15) is 68.4 Å². The molecular formula is C20H28ClN6O+. The summed E-state index contributed by atoms with van der Waals surface area (Å²) < 4.78 is 2.04. The van der Waals surface area contributed by atoms with Gasteiger partial charge in [-0.05, 0) is 29.3 Å². The van der Waals surface area contributed by atoms with Crippen LogP contribution in [0.15, 0.2) is 24.3 Å². The van der Waals surface area contributed by atoms with Crippen LogP contribution in [0.5, 0.6) is 0 Å². The Morgan fingerprint density at radius 1 is 1.14 bits per heavy atom. The Kier molecular flexibility index (Phi) is 5.92. The summed E-state index contributed by atoms with van der Waals surface area (Å²) >= 11 is 6.61. The molecule has 3 N–H and O–H groups in total. The van der Waals surface area contributed by atoms with E-state index in [0.717, 1.165) is 55.2 Å². The van der Waals surface area contributed by atoms with Crippen LogP contribution in [0.25, 0.3) is 0 Å². The van der Waals surface area contributed by atoms with E-state index in [2.05, 4.69) is 21.6 Å². The van der Waals surface area contributed by atoms with Crippen LogP contribution in [-0.2, 0) is 4.79 Å². The maximum absolute atomic E-state index is 11.6. The summed E-state index contributed by atoms with van der Waals surface area (Å²) in [5, 5.41) is 13.6. The van der Waals surface area contributed by atoms with Gasteiger partial charge in [0.2, 0.25) is 11.7 Å². The molecule has 0 spiro atoms. The maximum atomic E-state index is 11.6. The third-order valence-corrected chi connectivity index (χ3v) is 6.70. The zero-order valence-corrected chi connectivity index (χ0v) is 16.8. The molecule has 2 fully saturated rings. The molecule has 28 heavy (non-hydrogen) atoms. The SMILES string of the molecule is NC(=O)C1CC[NH+]([C@H](c2ccccc2Cl)c2nnnn2C2CCCCC2)CC1. The van der Waals surface area contributed by atoms with Crippen molar-refractivity contribution in [1.82, 2.24) is 20.2 Å².